The van der Waals surface area contributed by atoms with Crippen molar-refractivity contribution >= 4 is 0 Å². The zero-order chi connectivity index (χ0) is 13.5. The molecule has 2 bridgehead atoms. The molecule has 2 N–H and O–H groups in total. The van der Waals surface area contributed by atoms with Crippen LogP contribution in [0.4, 0.5) is 0 Å². The van der Waals surface area contributed by atoms with Gasteiger partial charge in [-0.15, -0.1) is 0 Å². The second-order valence-corrected chi connectivity index (χ2v) is 7.55. The molecular formula is C19H27N. The Morgan fingerprint density at radius 2 is 1.90 bits per heavy atom. The van der Waals surface area contributed by atoms with Gasteiger partial charge in [0, 0.05) is 6.04 Å². The number of fused-ring (bicyclic) bond motifs is 3. The smallest absolute Gasteiger partial charge is 0.0326 e. The van der Waals surface area contributed by atoms with Crippen LogP contribution in [0.25, 0.3) is 0 Å². The molecule has 0 aromatic heterocycles. The summed E-state index contributed by atoms with van der Waals surface area (Å²) in [5.74, 6) is 3.84. The first-order chi connectivity index (χ1) is 9.81. The van der Waals surface area contributed by atoms with E-state index >= 15 is 0 Å². The van der Waals surface area contributed by atoms with E-state index in [1.54, 1.807) is 0 Å². The van der Waals surface area contributed by atoms with Crippen LogP contribution < -0.4 is 5.73 Å². The lowest BCUT2D eigenvalue weighted by molar-refractivity contribution is 0.239. The lowest BCUT2D eigenvalue weighted by atomic mass is 9.78. The Labute approximate surface area is 122 Å². The third-order valence-electron chi connectivity index (χ3n) is 6.43. The minimum atomic E-state index is 0.285. The van der Waals surface area contributed by atoms with Crippen molar-refractivity contribution < 1.29 is 0 Å². The first-order valence-electron chi connectivity index (χ1n) is 8.64. The molecule has 0 saturated heterocycles. The van der Waals surface area contributed by atoms with E-state index in [-0.39, 0.29) is 6.04 Å². The highest BCUT2D eigenvalue weighted by Crippen LogP contribution is 2.51. The maximum atomic E-state index is 6.67. The molecule has 5 atom stereocenters. The van der Waals surface area contributed by atoms with Gasteiger partial charge in [0.05, 0.1) is 0 Å². The summed E-state index contributed by atoms with van der Waals surface area (Å²) in [6.45, 7) is 0. The first-order valence-corrected chi connectivity index (χ1v) is 8.64. The predicted octanol–water partition coefficient (Wildman–Crippen LogP) is 4.47. The summed E-state index contributed by atoms with van der Waals surface area (Å²) in [5.41, 5.74) is 9.62. The van der Waals surface area contributed by atoms with Crippen molar-refractivity contribution in [3.05, 3.63) is 35.4 Å². The Kier molecular flexibility index (Phi) is 3.34. The maximum absolute atomic E-state index is 6.67. The topological polar surface area (TPSA) is 26.0 Å². The van der Waals surface area contributed by atoms with Crippen LogP contribution in [0.2, 0.25) is 0 Å². The fraction of sp³-hybridized carbons (Fsp3) is 0.684. The molecule has 20 heavy (non-hydrogen) atoms. The summed E-state index contributed by atoms with van der Waals surface area (Å²) < 4.78 is 0. The molecule has 3 aliphatic rings. The van der Waals surface area contributed by atoms with Gasteiger partial charge in [0.25, 0.3) is 0 Å². The quantitative estimate of drug-likeness (QED) is 0.788. The summed E-state index contributed by atoms with van der Waals surface area (Å²) in [6, 6.07) is 9.18. The van der Waals surface area contributed by atoms with Crippen LogP contribution in [-0.4, -0.2) is 0 Å². The standard InChI is InChI=1S/C19H27N/c20-19-16(12-17-11-13-8-9-15(17)10-13)6-3-5-14-4-1-2-7-18(14)19/h1-2,4,7,13,15-17,19H,3,5-6,8-12,20H2. The number of rotatable bonds is 2. The number of hydrogen-bond donors (Lipinski definition) is 1. The van der Waals surface area contributed by atoms with Crippen LogP contribution in [0.15, 0.2) is 24.3 Å². The highest BCUT2D eigenvalue weighted by molar-refractivity contribution is 5.31. The van der Waals surface area contributed by atoms with Gasteiger partial charge in [-0.1, -0.05) is 30.7 Å². The zero-order valence-corrected chi connectivity index (χ0v) is 12.4. The third-order valence-corrected chi connectivity index (χ3v) is 6.43. The van der Waals surface area contributed by atoms with E-state index in [9.17, 15) is 0 Å². The Hall–Kier alpha value is -0.820. The summed E-state index contributed by atoms with van der Waals surface area (Å²) in [4.78, 5) is 0. The third kappa shape index (κ3) is 2.20. The molecule has 3 aliphatic carbocycles. The molecule has 1 aromatic rings. The van der Waals surface area contributed by atoms with E-state index in [4.69, 9.17) is 5.73 Å². The molecule has 108 valence electrons. The van der Waals surface area contributed by atoms with Crippen LogP contribution >= 0.6 is 0 Å². The molecule has 0 amide bonds. The van der Waals surface area contributed by atoms with Crippen molar-refractivity contribution in [2.45, 2.75) is 57.4 Å². The van der Waals surface area contributed by atoms with Gasteiger partial charge in [-0.25, -0.2) is 0 Å². The number of aryl methyl sites for hydroxylation is 1. The summed E-state index contributed by atoms with van der Waals surface area (Å²) in [7, 11) is 0. The minimum absolute atomic E-state index is 0.285. The molecule has 0 aliphatic heterocycles. The van der Waals surface area contributed by atoms with Crippen LogP contribution in [-0.2, 0) is 6.42 Å². The zero-order valence-electron chi connectivity index (χ0n) is 12.4. The van der Waals surface area contributed by atoms with Gasteiger partial charge in [-0.3, -0.25) is 0 Å². The lowest BCUT2D eigenvalue weighted by Gasteiger charge is -2.29. The van der Waals surface area contributed by atoms with Crippen LogP contribution in [0, 0.1) is 23.7 Å². The average molecular weight is 269 g/mol. The highest BCUT2D eigenvalue weighted by Gasteiger charge is 2.41. The van der Waals surface area contributed by atoms with E-state index in [0.29, 0.717) is 0 Å². The van der Waals surface area contributed by atoms with Gasteiger partial charge in [0.15, 0.2) is 0 Å². The molecule has 2 saturated carbocycles. The normalized spacial score (nSPS) is 39.5. The van der Waals surface area contributed by atoms with Crippen molar-refractivity contribution in [1.82, 2.24) is 0 Å². The predicted molar refractivity (Wildman–Crippen MR) is 83.4 cm³/mol. The summed E-state index contributed by atoms with van der Waals surface area (Å²) in [5, 5.41) is 0. The molecule has 5 unspecified atom stereocenters. The molecule has 4 rings (SSSR count). The Bertz CT molecular complexity index is 480. The molecular weight excluding hydrogens is 242 g/mol. The van der Waals surface area contributed by atoms with Crippen molar-refractivity contribution in [2.24, 2.45) is 29.4 Å². The Morgan fingerprint density at radius 1 is 1.00 bits per heavy atom. The van der Waals surface area contributed by atoms with E-state index in [0.717, 1.165) is 23.7 Å². The van der Waals surface area contributed by atoms with Gasteiger partial charge in [0.1, 0.15) is 0 Å². The van der Waals surface area contributed by atoms with Gasteiger partial charge in [-0.05, 0) is 79.7 Å². The highest BCUT2D eigenvalue weighted by atomic mass is 14.7. The summed E-state index contributed by atoms with van der Waals surface area (Å²) >= 11 is 0. The van der Waals surface area contributed by atoms with Crippen LogP contribution in [0.3, 0.4) is 0 Å². The number of benzene rings is 1. The number of hydrogen-bond acceptors (Lipinski definition) is 1. The SMILES string of the molecule is NC1c2ccccc2CCCC1CC1CC2CCC1C2. The molecule has 0 spiro atoms. The van der Waals surface area contributed by atoms with E-state index in [2.05, 4.69) is 24.3 Å². The Morgan fingerprint density at radius 3 is 2.70 bits per heavy atom. The maximum Gasteiger partial charge on any atom is 0.0326 e. The molecule has 0 radical (unpaired) electrons. The second kappa shape index (κ2) is 5.18. The first kappa shape index (κ1) is 12.9. The lowest BCUT2D eigenvalue weighted by Crippen LogP contribution is -2.25. The monoisotopic (exact) mass is 269 g/mol. The molecule has 1 aromatic carbocycles. The summed E-state index contributed by atoms with van der Waals surface area (Å²) in [6.07, 6.45) is 11.4. The van der Waals surface area contributed by atoms with Crippen molar-refractivity contribution in [2.75, 3.05) is 0 Å². The Balaban J connectivity index is 1.51. The van der Waals surface area contributed by atoms with Crippen LogP contribution in [0.5, 0.6) is 0 Å². The molecule has 0 heterocycles. The minimum Gasteiger partial charge on any atom is -0.324 e. The van der Waals surface area contributed by atoms with Crippen molar-refractivity contribution in [1.29, 1.82) is 0 Å². The van der Waals surface area contributed by atoms with Crippen molar-refractivity contribution in [3.63, 3.8) is 0 Å². The second-order valence-electron chi connectivity index (χ2n) is 7.55. The van der Waals surface area contributed by atoms with Gasteiger partial charge in [-0.2, -0.15) is 0 Å². The fourth-order valence-electron chi connectivity index (χ4n) is 5.39. The van der Waals surface area contributed by atoms with Crippen molar-refractivity contribution in [3.8, 4) is 0 Å². The van der Waals surface area contributed by atoms with Crippen LogP contribution in [0.1, 0.15) is 62.1 Å². The van der Waals surface area contributed by atoms with E-state index in [1.165, 1.54) is 62.5 Å². The van der Waals surface area contributed by atoms with E-state index < -0.39 is 0 Å². The molecule has 1 heteroatoms. The van der Waals surface area contributed by atoms with Gasteiger partial charge < -0.3 is 5.73 Å². The van der Waals surface area contributed by atoms with Gasteiger partial charge in [0.2, 0.25) is 0 Å². The molecule has 1 nitrogen and oxygen atoms in total. The van der Waals surface area contributed by atoms with E-state index in [1.807, 2.05) is 0 Å². The average Bonchev–Trinajstić information content (AvgIpc) is 3.04. The molecule has 2 fully saturated rings. The fourth-order valence-corrected chi connectivity index (χ4v) is 5.39. The number of nitrogens with two attached hydrogens (primary N) is 1. The largest absolute Gasteiger partial charge is 0.324 e. The van der Waals surface area contributed by atoms with Gasteiger partial charge >= 0.3 is 0 Å².